The van der Waals surface area contributed by atoms with Crippen molar-refractivity contribution in [1.82, 2.24) is 24.2 Å². The van der Waals surface area contributed by atoms with Gasteiger partial charge in [0.1, 0.15) is 40.9 Å². The maximum atomic E-state index is 15.2. The number of benzene rings is 2. The summed E-state index contributed by atoms with van der Waals surface area (Å²) in [5.41, 5.74) is 3.76. The molecule has 3 aromatic heterocycles. The van der Waals surface area contributed by atoms with Gasteiger partial charge >= 0.3 is 5.97 Å². The first-order valence-electron chi connectivity index (χ1n) is 13.9. The van der Waals surface area contributed by atoms with Crippen molar-refractivity contribution in [3.8, 4) is 27.6 Å². The molecule has 0 bridgehead atoms. The van der Waals surface area contributed by atoms with Crippen LogP contribution in [-0.4, -0.2) is 63.6 Å². The maximum Gasteiger partial charge on any atom is 0.351 e. The molecule has 6 rings (SSSR count). The fourth-order valence-corrected chi connectivity index (χ4v) is 6.63. The number of carbonyl (C=O) groups excluding carboxylic acids is 1. The number of ether oxygens (including phenoxy) is 3. The molecule has 1 atom stereocenters. The van der Waals surface area contributed by atoms with Crippen LogP contribution in [0, 0.1) is 5.82 Å². The van der Waals surface area contributed by atoms with E-state index in [1.165, 1.54) is 24.5 Å². The van der Waals surface area contributed by atoms with Crippen molar-refractivity contribution < 1.29 is 23.4 Å². The number of likely N-dealkylation sites (tertiary alicyclic amines) is 1. The molecule has 43 heavy (non-hydrogen) atoms. The Bertz CT molecular complexity index is 1790. The molecule has 0 saturated carbocycles. The average Bonchev–Trinajstić information content (AvgIpc) is 3.73. The SMILES string of the molecule is COC(=O)c1sc(-n2cnc3cc(-c4cnn(C)c4)ccc32)cc1O[C@H](C)c1c(F)ccc(OC2CCN(C)CC2)c1Cl. The number of imidazole rings is 1. The van der Waals surface area contributed by atoms with Crippen LogP contribution in [0.25, 0.3) is 27.2 Å². The number of fused-ring (bicyclic) bond motifs is 1. The van der Waals surface area contributed by atoms with E-state index in [0.717, 1.165) is 48.1 Å². The zero-order valence-corrected chi connectivity index (χ0v) is 25.8. The van der Waals surface area contributed by atoms with Crippen molar-refractivity contribution in [2.24, 2.45) is 7.05 Å². The van der Waals surface area contributed by atoms with E-state index in [1.54, 1.807) is 36.3 Å². The van der Waals surface area contributed by atoms with Crippen LogP contribution in [0.3, 0.4) is 0 Å². The van der Waals surface area contributed by atoms with E-state index in [-0.39, 0.29) is 27.3 Å². The van der Waals surface area contributed by atoms with Crippen molar-refractivity contribution in [3.63, 3.8) is 0 Å². The van der Waals surface area contributed by atoms with Crippen LogP contribution in [0.2, 0.25) is 5.02 Å². The Morgan fingerprint density at radius 1 is 1.12 bits per heavy atom. The Labute approximate surface area is 257 Å². The Kier molecular flexibility index (Phi) is 8.13. The standard InChI is InChI=1S/C31H31ClFN5O4S/c1-18(28-22(33)6-8-25(29(28)32)42-21-9-11-36(2)12-10-21)41-26-14-27(43-30(26)31(39)40-4)38-17-34-23-13-19(5-7-24(23)38)20-15-35-37(3)16-20/h5-8,13-18,21H,9-12H2,1-4H3/t18-/m1/s1. The highest BCUT2D eigenvalue weighted by Gasteiger charge is 2.27. The van der Waals surface area contributed by atoms with Crippen LogP contribution in [-0.2, 0) is 11.8 Å². The summed E-state index contributed by atoms with van der Waals surface area (Å²) in [6.45, 7) is 3.53. The molecule has 4 heterocycles. The molecule has 1 aliphatic rings. The van der Waals surface area contributed by atoms with Gasteiger partial charge in [-0.25, -0.2) is 14.2 Å². The zero-order chi connectivity index (χ0) is 30.2. The number of hydrogen-bond acceptors (Lipinski definition) is 8. The predicted molar refractivity (Wildman–Crippen MR) is 164 cm³/mol. The van der Waals surface area contributed by atoms with Crippen molar-refractivity contribution in [2.45, 2.75) is 32.0 Å². The third-order valence-corrected chi connectivity index (χ3v) is 9.12. The van der Waals surface area contributed by atoms with E-state index in [9.17, 15) is 4.79 Å². The first-order valence-corrected chi connectivity index (χ1v) is 15.1. The quantitative estimate of drug-likeness (QED) is 0.178. The number of methoxy groups -OCH3 is 1. The summed E-state index contributed by atoms with van der Waals surface area (Å²) < 4.78 is 36.2. The Balaban J connectivity index is 1.29. The Hall–Kier alpha value is -3.93. The number of aryl methyl sites for hydroxylation is 1. The smallest absolute Gasteiger partial charge is 0.351 e. The van der Waals surface area contributed by atoms with Gasteiger partial charge in [0.2, 0.25) is 0 Å². The number of nitrogens with zero attached hydrogens (tertiary/aromatic N) is 5. The minimum absolute atomic E-state index is 0.000892. The van der Waals surface area contributed by atoms with Crippen LogP contribution in [0.5, 0.6) is 11.5 Å². The second-order valence-electron chi connectivity index (χ2n) is 10.6. The average molecular weight is 624 g/mol. The number of hydrogen-bond donors (Lipinski definition) is 0. The normalized spacial score (nSPS) is 15.1. The van der Waals surface area contributed by atoms with Gasteiger partial charge in [-0.05, 0) is 56.6 Å². The summed E-state index contributed by atoms with van der Waals surface area (Å²) in [5.74, 6) is -0.413. The highest BCUT2D eigenvalue weighted by molar-refractivity contribution is 7.16. The van der Waals surface area contributed by atoms with Gasteiger partial charge in [0.25, 0.3) is 0 Å². The number of aromatic nitrogens is 4. The van der Waals surface area contributed by atoms with E-state index in [0.29, 0.717) is 10.8 Å². The summed E-state index contributed by atoms with van der Waals surface area (Å²) in [6, 6.07) is 10.6. The fourth-order valence-electron chi connectivity index (χ4n) is 5.29. The lowest BCUT2D eigenvalue weighted by Crippen LogP contribution is -2.35. The summed E-state index contributed by atoms with van der Waals surface area (Å²) in [7, 11) is 5.25. The third-order valence-electron chi connectivity index (χ3n) is 7.64. The molecule has 224 valence electrons. The number of esters is 1. The van der Waals surface area contributed by atoms with E-state index >= 15 is 4.39 Å². The van der Waals surface area contributed by atoms with Gasteiger partial charge in [-0.1, -0.05) is 17.7 Å². The van der Waals surface area contributed by atoms with Gasteiger partial charge < -0.3 is 19.1 Å². The predicted octanol–water partition coefficient (Wildman–Crippen LogP) is 6.68. The summed E-state index contributed by atoms with van der Waals surface area (Å²) in [5, 5.41) is 5.09. The molecular formula is C31H31ClFN5O4S. The number of rotatable bonds is 8. The van der Waals surface area contributed by atoms with E-state index < -0.39 is 17.9 Å². The second kappa shape index (κ2) is 12.0. The largest absolute Gasteiger partial charge is 0.489 e. The van der Waals surface area contributed by atoms with Gasteiger partial charge in [0.05, 0.1) is 34.9 Å². The van der Waals surface area contributed by atoms with Crippen molar-refractivity contribution in [2.75, 3.05) is 27.2 Å². The van der Waals surface area contributed by atoms with Crippen LogP contribution < -0.4 is 9.47 Å². The molecule has 0 spiro atoms. The zero-order valence-electron chi connectivity index (χ0n) is 24.2. The molecule has 0 unspecified atom stereocenters. The van der Waals surface area contributed by atoms with Crippen LogP contribution >= 0.6 is 22.9 Å². The number of halogens is 2. The maximum absolute atomic E-state index is 15.2. The lowest BCUT2D eigenvalue weighted by atomic mass is 10.1. The monoisotopic (exact) mass is 623 g/mol. The molecule has 9 nitrogen and oxygen atoms in total. The van der Waals surface area contributed by atoms with Gasteiger partial charge in [-0.3, -0.25) is 9.25 Å². The van der Waals surface area contributed by atoms with Crippen LogP contribution in [0.15, 0.2) is 55.1 Å². The van der Waals surface area contributed by atoms with Crippen molar-refractivity contribution in [3.05, 3.63) is 76.4 Å². The molecule has 0 amide bonds. The van der Waals surface area contributed by atoms with E-state index in [4.69, 9.17) is 25.8 Å². The lowest BCUT2D eigenvalue weighted by molar-refractivity contribution is 0.0599. The number of carbonyl (C=O) groups is 1. The number of piperidine rings is 1. The van der Waals surface area contributed by atoms with Gasteiger partial charge in [-0.15, -0.1) is 11.3 Å². The molecule has 0 radical (unpaired) electrons. The van der Waals surface area contributed by atoms with Gasteiger partial charge in [0, 0.05) is 38.0 Å². The van der Waals surface area contributed by atoms with E-state index in [2.05, 4.69) is 22.0 Å². The lowest BCUT2D eigenvalue weighted by Gasteiger charge is -2.30. The highest BCUT2D eigenvalue weighted by atomic mass is 35.5. The summed E-state index contributed by atoms with van der Waals surface area (Å²) in [6.07, 6.45) is 6.32. The molecular weight excluding hydrogens is 593 g/mol. The third kappa shape index (κ3) is 5.84. The van der Waals surface area contributed by atoms with E-state index in [1.807, 2.05) is 36.0 Å². The van der Waals surface area contributed by atoms with Crippen LogP contribution in [0.1, 0.15) is 41.1 Å². The molecule has 2 aromatic carbocycles. The molecule has 1 fully saturated rings. The molecule has 0 aliphatic carbocycles. The van der Waals surface area contributed by atoms with Crippen molar-refractivity contribution >= 4 is 39.9 Å². The van der Waals surface area contributed by atoms with Gasteiger partial charge in [0.15, 0.2) is 4.88 Å². The fraction of sp³-hybridized carbons (Fsp3) is 0.323. The second-order valence-corrected chi connectivity index (χ2v) is 12.1. The van der Waals surface area contributed by atoms with Gasteiger partial charge in [-0.2, -0.15) is 5.10 Å². The highest BCUT2D eigenvalue weighted by Crippen LogP contribution is 2.41. The minimum atomic E-state index is -0.832. The number of thiophene rings is 1. The molecule has 1 aliphatic heterocycles. The molecule has 0 N–H and O–H groups in total. The first-order chi connectivity index (χ1) is 20.7. The summed E-state index contributed by atoms with van der Waals surface area (Å²) in [4.78, 5) is 19.9. The Morgan fingerprint density at radius 2 is 1.91 bits per heavy atom. The molecule has 5 aromatic rings. The first kappa shape index (κ1) is 29.2. The molecule has 1 saturated heterocycles. The minimum Gasteiger partial charge on any atom is -0.489 e. The van der Waals surface area contributed by atoms with Crippen molar-refractivity contribution in [1.29, 1.82) is 0 Å². The summed E-state index contributed by atoms with van der Waals surface area (Å²) >= 11 is 7.90. The topological polar surface area (TPSA) is 83.6 Å². The van der Waals surface area contributed by atoms with Crippen LogP contribution in [0.4, 0.5) is 4.39 Å². The molecule has 12 heteroatoms. The Morgan fingerprint density at radius 3 is 2.63 bits per heavy atom.